The van der Waals surface area contributed by atoms with Gasteiger partial charge < -0.3 is 5.32 Å². The summed E-state index contributed by atoms with van der Waals surface area (Å²) >= 11 is 0. The van der Waals surface area contributed by atoms with Gasteiger partial charge in [-0.2, -0.15) is 0 Å². The molecule has 0 unspecified atom stereocenters. The monoisotopic (exact) mass is 353 g/mol. The van der Waals surface area contributed by atoms with Crippen LogP contribution in [0.4, 0.5) is 0 Å². The fourth-order valence-corrected chi connectivity index (χ4v) is 3.15. The van der Waals surface area contributed by atoms with E-state index in [9.17, 15) is 4.79 Å². The number of nitrogens with one attached hydrogen (secondary N) is 1. The Labute approximate surface area is 157 Å². The van der Waals surface area contributed by atoms with E-state index >= 15 is 0 Å². The fourth-order valence-electron chi connectivity index (χ4n) is 3.15. The highest BCUT2D eigenvalue weighted by atomic mass is 16.1. The summed E-state index contributed by atoms with van der Waals surface area (Å²) in [6.07, 6.45) is 5.62. The molecule has 0 aliphatic carbocycles. The Morgan fingerprint density at radius 1 is 0.889 bits per heavy atom. The van der Waals surface area contributed by atoms with Gasteiger partial charge in [-0.15, -0.1) is 0 Å². The molecule has 0 aliphatic rings. The maximum atomic E-state index is 12.4. The first kappa shape index (κ1) is 16.9. The highest BCUT2D eigenvalue weighted by Crippen LogP contribution is 2.19. The number of carbonyl (C=O) groups excluding carboxylic acids is 1. The Morgan fingerprint density at radius 3 is 2.59 bits per heavy atom. The number of hydrogen-bond donors (Lipinski definition) is 1. The summed E-state index contributed by atoms with van der Waals surface area (Å²) in [4.78, 5) is 20.9. The maximum absolute atomic E-state index is 12.4. The highest BCUT2D eigenvalue weighted by molar-refractivity contribution is 5.90. The number of aromatic nitrogens is 2. The molecule has 0 radical (unpaired) electrons. The summed E-state index contributed by atoms with van der Waals surface area (Å²) in [6, 6.07) is 22.0. The summed E-state index contributed by atoms with van der Waals surface area (Å²) in [5.41, 5.74) is 3.94. The summed E-state index contributed by atoms with van der Waals surface area (Å²) in [5.74, 6) is 0.00799. The van der Waals surface area contributed by atoms with Crippen molar-refractivity contribution in [1.29, 1.82) is 0 Å². The SMILES string of the molecule is O=C(Cc1cccc2ccccc12)NCc1ccnc(-c2ccncc2)c1. The molecule has 0 bridgehead atoms. The molecular weight excluding hydrogens is 334 g/mol. The zero-order valence-corrected chi connectivity index (χ0v) is 14.8. The van der Waals surface area contributed by atoms with Gasteiger partial charge in [0.2, 0.25) is 5.91 Å². The molecule has 4 nitrogen and oxygen atoms in total. The third kappa shape index (κ3) is 4.01. The number of rotatable bonds is 5. The molecule has 0 fully saturated rings. The van der Waals surface area contributed by atoms with Gasteiger partial charge in [-0.3, -0.25) is 14.8 Å². The Morgan fingerprint density at radius 2 is 1.70 bits per heavy atom. The summed E-state index contributed by atoms with van der Waals surface area (Å²) in [7, 11) is 0. The molecule has 2 aromatic carbocycles. The van der Waals surface area contributed by atoms with Gasteiger partial charge in [-0.25, -0.2) is 0 Å². The molecule has 2 aromatic heterocycles. The van der Waals surface area contributed by atoms with E-state index in [4.69, 9.17) is 0 Å². The van der Waals surface area contributed by atoms with Crippen LogP contribution in [-0.4, -0.2) is 15.9 Å². The minimum absolute atomic E-state index is 0.00799. The molecule has 4 heteroatoms. The molecule has 0 spiro atoms. The van der Waals surface area contributed by atoms with Crippen LogP contribution >= 0.6 is 0 Å². The van der Waals surface area contributed by atoms with Crippen molar-refractivity contribution < 1.29 is 4.79 Å². The van der Waals surface area contributed by atoms with Gasteiger partial charge in [0, 0.05) is 30.7 Å². The fraction of sp³-hybridized carbons (Fsp3) is 0.0870. The first-order chi connectivity index (χ1) is 13.3. The molecule has 0 saturated carbocycles. The molecule has 0 aliphatic heterocycles. The molecule has 1 amide bonds. The Kier molecular flexibility index (Phi) is 4.88. The quantitative estimate of drug-likeness (QED) is 0.586. The molecular formula is C23H19N3O. The summed E-state index contributed by atoms with van der Waals surface area (Å²) in [6.45, 7) is 0.476. The van der Waals surface area contributed by atoms with Crippen LogP contribution in [0.15, 0.2) is 85.3 Å². The van der Waals surface area contributed by atoms with Crippen molar-refractivity contribution in [2.45, 2.75) is 13.0 Å². The van der Waals surface area contributed by atoms with Crippen LogP contribution in [0.2, 0.25) is 0 Å². The van der Waals surface area contributed by atoms with Gasteiger partial charge in [-0.05, 0) is 46.2 Å². The van der Waals surface area contributed by atoms with E-state index in [2.05, 4.69) is 33.5 Å². The lowest BCUT2D eigenvalue weighted by Crippen LogP contribution is -2.24. The smallest absolute Gasteiger partial charge is 0.224 e. The maximum Gasteiger partial charge on any atom is 0.224 e. The van der Waals surface area contributed by atoms with E-state index in [1.807, 2.05) is 48.5 Å². The van der Waals surface area contributed by atoms with Crippen LogP contribution < -0.4 is 5.32 Å². The van der Waals surface area contributed by atoms with E-state index in [1.54, 1.807) is 18.6 Å². The zero-order valence-electron chi connectivity index (χ0n) is 14.8. The molecule has 4 rings (SSSR count). The lowest BCUT2D eigenvalue weighted by Gasteiger charge is -2.09. The third-order valence-corrected chi connectivity index (χ3v) is 4.52. The second kappa shape index (κ2) is 7.79. The molecule has 2 heterocycles. The van der Waals surface area contributed by atoms with Gasteiger partial charge in [0.25, 0.3) is 0 Å². The van der Waals surface area contributed by atoms with Gasteiger partial charge in [-0.1, -0.05) is 42.5 Å². The first-order valence-electron chi connectivity index (χ1n) is 8.88. The standard InChI is InChI=1S/C23H19N3O/c27-23(15-20-6-3-5-18-4-1-2-7-21(18)20)26-16-17-8-13-25-22(14-17)19-9-11-24-12-10-19/h1-14H,15-16H2,(H,26,27). The Bertz CT molecular complexity index is 1070. The number of amides is 1. The van der Waals surface area contributed by atoms with Crippen molar-refractivity contribution in [2.24, 2.45) is 0 Å². The number of pyridine rings is 2. The minimum Gasteiger partial charge on any atom is -0.352 e. The number of hydrogen-bond acceptors (Lipinski definition) is 3. The van der Waals surface area contributed by atoms with Gasteiger partial charge in [0.05, 0.1) is 12.1 Å². The van der Waals surface area contributed by atoms with Crippen molar-refractivity contribution in [3.8, 4) is 11.3 Å². The van der Waals surface area contributed by atoms with E-state index in [1.165, 1.54) is 0 Å². The van der Waals surface area contributed by atoms with E-state index in [-0.39, 0.29) is 5.91 Å². The zero-order chi connectivity index (χ0) is 18.5. The molecule has 1 N–H and O–H groups in total. The summed E-state index contributed by atoms with van der Waals surface area (Å²) in [5, 5.41) is 5.29. The van der Waals surface area contributed by atoms with Crippen LogP contribution in [0.5, 0.6) is 0 Å². The molecule has 132 valence electrons. The van der Waals surface area contributed by atoms with Crippen LogP contribution in [0.25, 0.3) is 22.0 Å². The van der Waals surface area contributed by atoms with E-state index in [0.717, 1.165) is 33.2 Å². The van der Waals surface area contributed by atoms with Gasteiger partial charge >= 0.3 is 0 Å². The van der Waals surface area contributed by atoms with Crippen molar-refractivity contribution in [2.75, 3.05) is 0 Å². The molecule has 27 heavy (non-hydrogen) atoms. The van der Waals surface area contributed by atoms with Crippen molar-refractivity contribution in [3.05, 3.63) is 96.4 Å². The predicted molar refractivity (Wildman–Crippen MR) is 107 cm³/mol. The topological polar surface area (TPSA) is 54.9 Å². The Balaban J connectivity index is 1.44. The van der Waals surface area contributed by atoms with Gasteiger partial charge in [0.15, 0.2) is 0 Å². The minimum atomic E-state index is 0.00799. The predicted octanol–water partition coefficient (Wildman–Crippen LogP) is 4.16. The van der Waals surface area contributed by atoms with Crippen LogP contribution in [-0.2, 0) is 17.8 Å². The number of carbonyl (C=O) groups is 1. The van der Waals surface area contributed by atoms with Crippen molar-refractivity contribution >= 4 is 16.7 Å². The number of benzene rings is 2. The van der Waals surface area contributed by atoms with Crippen LogP contribution in [0, 0.1) is 0 Å². The van der Waals surface area contributed by atoms with E-state index < -0.39 is 0 Å². The second-order valence-corrected chi connectivity index (χ2v) is 6.38. The third-order valence-electron chi connectivity index (χ3n) is 4.52. The highest BCUT2D eigenvalue weighted by Gasteiger charge is 2.07. The average molecular weight is 353 g/mol. The second-order valence-electron chi connectivity index (χ2n) is 6.38. The largest absolute Gasteiger partial charge is 0.352 e. The van der Waals surface area contributed by atoms with Crippen molar-refractivity contribution in [1.82, 2.24) is 15.3 Å². The van der Waals surface area contributed by atoms with Crippen LogP contribution in [0.3, 0.4) is 0 Å². The lowest BCUT2D eigenvalue weighted by atomic mass is 10.0. The number of nitrogens with zero attached hydrogens (tertiary/aromatic N) is 2. The van der Waals surface area contributed by atoms with Crippen molar-refractivity contribution in [3.63, 3.8) is 0 Å². The van der Waals surface area contributed by atoms with Crippen LogP contribution in [0.1, 0.15) is 11.1 Å². The van der Waals surface area contributed by atoms with Gasteiger partial charge in [0.1, 0.15) is 0 Å². The lowest BCUT2D eigenvalue weighted by molar-refractivity contribution is -0.120. The molecule has 0 saturated heterocycles. The Hall–Kier alpha value is -3.53. The molecule has 0 atom stereocenters. The van der Waals surface area contributed by atoms with E-state index in [0.29, 0.717) is 13.0 Å². The number of fused-ring (bicyclic) bond motifs is 1. The summed E-state index contributed by atoms with van der Waals surface area (Å²) < 4.78 is 0. The average Bonchev–Trinajstić information content (AvgIpc) is 2.73. The normalized spacial score (nSPS) is 10.7. The first-order valence-corrected chi connectivity index (χ1v) is 8.88. The molecule has 4 aromatic rings.